The van der Waals surface area contributed by atoms with Crippen molar-refractivity contribution >= 4 is 29.1 Å². The maximum Gasteiger partial charge on any atom is 0.270 e. The van der Waals surface area contributed by atoms with Gasteiger partial charge in [0.2, 0.25) is 5.88 Å². The van der Waals surface area contributed by atoms with E-state index in [1.54, 1.807) is 18.2 Å². The summed E-state index contributed by atoms with van der Waals surface area (Å²) in [5.74, 6) is 0.0338. The van der Waals surface area contributed by atoms with Crippen LogP contribution in [0.2, 0.25) is 10.0 Å². The lowest BCUT2D eigenvalue weighted by molar-refractivity contribution is 0.0945. The minimum atomic E-state index is -0.329. The largest absolute Gasteiger partial charge is 0.478 e. The van der Waals surface area contributed by atoms with Gasteiger partial charge in [-0.15, -0.1) is 0 Å². The van der Waals surface area contributed by atoms with Gasteiger partial charge in [0.05, 0.1) is 6.61 Å². The van der Waals surface area contributed by atoms with Crippen LogP contribution in [0.15, 0.2) is 30.6 Å². The zero-order chi connectivity index (χ0) is 15.2. The van der Waals surface area contributed by atoms with Gasteiger partial charge in [-0.05, 0) is 24.6 Å². The molecule has 2 aromatic rings. The lowest BCUT2D eigenvalue weighted by Crippen LogP contribution is -2.24. The highest BCUT2D eigenvalue weighted by molar-refractivity contribution is 6.35. The Bertz CT molecular complexity index is 650. The number of carbonyl (C=O) groups excluding carboxylic acids is 1. The van der Waals surface area contributed by atoms with Crippen LogP contribution in [0.25, 0.3) is 0 Å². The van der Waals surface area contributed by atoms with Crippen molar-refractivity contribution in [1.29, 1.82) is 0 Å². The number of rotatable bonds is 5. The normalized spacial score (nSPS) is 10.2. The Hall–Kier alpha value is -1.85. The van der Waals surface area contributed by atoms with E-state index in [1.165, 1.54) is 12.4 Å². The molecule has 0 spiro atoms. The Balaban J connectivity index is 2.02. The van der Waals surface area contributed by atoms with Crippen LogP contribution >= 0.6 is 23.2 Å². The Kier molecular flexibility index (Phi) is 5.36. The third-order valence-corrected chi connectivity index (χ3v) is 3.21. The number of hydrogen-bond acceptors (Lipinski definition) is 4. The van der Waals surface area contributed by atoms with E-state index in [0.29, 0.717) is 22.5 Å². The number of nitrogens with zero attached hydrogens (tertiary/aromatic N) is 2. The van der Waals surface area contributed by atoms with Gasteiger partial charge in [-0.1, -0.05) is 29.3 Å². The van der Waals surface area contributed by atoms with Crippen molar-refractivity contribution in [2.75, 3.05) is 6.61 Å². The van der Waals surface area contributed by atoms with E-state index in [1.807, 2.05) is 6.92 Å². The summed E-state index contributed by atoms with van der Waals surface area (Å²) in [6.45, 7) is 2.59. The average Bonchev–Trinajstić information content (AvgIpc) is 2.47. The summed E-state index contributed by atoms with van der Waals surface area (Å²) < 4.78 is 5.22. The number of carbonyl (C=O) groups is 1. The van der Waals surface area contributed by atoms with E-state index in [4.69, 9.17) is 27.9 Å². The van der Waals surface area contributed by atoms with Crippen LogP contribution in [0.5, 0.6) is 5.88 Å². The molecule has 0 aliphatic heterocycles. The quantitative estimate of drug-likeness (QED) is 0.917. The second-order valence-electron chi connectivity index (χ2n) is 4.09. The summed E-state index contributed by atoms with van der Waals surface area (Å²) >= 11 is 11.9. The molecular weight excluding hydrogens is 313 g/mol. The Morgan fingerprint density at radius 3 is 2.81 bits per heavy atom. The van der Waals surface area contributed by atoms with Crippen molar-refractivity contribution < 1.29 is 9.53 Å². The average molecular weight is 326 g/mol. The SMILES string of the molecule is CCOc1cc(C(=O)NCc2ccc(Cl)cc2Cl)ncn1. The first-order chi connectivity index (χ1) is 10.1. The van der Waals surface area contributed by atoms with Crippen molar-refractivity contribution in [3.8, 4) is 5.88 Å². The molecule has 0 bridgehead atoms. The minimum absolute atomic E-state index is 0.235. The van der Waals surface area contributed by atoms with Crippen molar-refractivity contribution in [3.05, 3.63) is 51.9 Å². The third kappa shape index (κ3) is 4.31. The number of amides is 1. The van der Waals surface area contributed by atoms with Gasteiger partial charge in [0.1, 0.15) is 12.0 Å². The fourth-order valence-corrected chi connectivity index (χ4v) is 2.10. The molecule has 0 saturated heterocycles. The van der Waals surface area contributed by atoms with Gasteiger partial charge in [-0.2, -0.15) is 0 Å². The highest BCUT2D eigenvalue weighted by Gasteiger charge is 2.10. The van der Waals surface area contributed by atoms with Crippen molar-refractivity contribution in [2.45, 2.75) is 13.5 Å². The molecule has 0 aliphatic rings. The first kappa shape index (κ1) is 15.5. The third-order valence-electron chi connectivity index (χ3n) is 2.62. The van der Waals surface area contributed by atoms with E-state index in [-0.39, 0.29) is 18.1 Å². The standard InChI is InChI=1S/C14H13Cl2N3O2/c1-2-21-13-6-12(18-8-19-13)14(20)17-7-9-3-4-10(15)5-11(9)16/h3-6,8H,2,7H2,1H3,(H,17,20). The molecule has 0 saturated carbocycles. The molecule has 0 radical (unpaired) electrons. The van der Waals surface area contributed by atoms with Gasteiger partial charge in [0, 0.05) is 22.7 Å². The van der Waals surface area contributed by atoms with Crippen LogP contribution in [0.4, 0.5) is 0 Å². The monoisotopic (exact) mass is 325 g/mol. The highest BCUT2D eigenvalue weighted by atomic mass is 35.5. The molecule has 1 heterocycles. The molecule has 7 heteroatoms. The first-order valence-electron chi connectivity index (χ1n) is 6.27. The Labute approximate surface area is 132 Å². The molecule has 110 valence electrons. The Morgan fingerprint density at radius 2 is 2.10 bits per heavy atom. The van der Waals surface area contributed by atoms with Crippen LogP contribution in [0.1, 0.15) is 23.0 Å². The van der Waals surface area contributed by atoms with Gasteiger partial charge in [-0.3, -0.25) is 4.79 Å². The highest BCUT2D eigenvalue weighted by Crippen LogP contribution is 2.20. The number of hydrogen-bond donors (Lipinski definition) is 1. The molecule has 1 N–H and O–H groups in total. The maximum absolute atomic E-state index is 12.0. The van der Waals surface area contributed by atoms with Crippen LogP contribution in [-0.2, 0) is 6.54 Å². The van der Waals surface area contributed by atoms with Gasteiger partial charge in [-0.25, -0.2) is 9.97 Å². The molecule has 0 unspecified atom stereocenters. The summed E-state index contributed by atoms with van der Waals surface area (Å²) in [5, 5.41) is 3.78. The van der Waals surface area contributed by atoms with E-state index in [2.05, 4.69) is 15.3 Å². The van der Waals surface area contributed by atoms with Gasteiger partial charge >= 0.3 is 0 Å². The van der Waals surface area contributed by atoms with E-state index >= 15 is 0 Å². The maximum atomic E-state index is 12.0. The molecule has 1 amide bonds. The predicted molar refractivity (Wildman–Crippen MR) is 80.8 cm³/mol. The van der Waals surface area contributed by atoms with Gasteiger partial charge < -0.3 is 10.1 Å². The second-order valence-corrected chi connectivity index (χ2v) is 4.94. The number of halogens is 2. The Morgan fingerprint density at radius 1 is 1.29 bits per heavy atom. The number of ether oxygens (including phenoxy) is 1. The number of aromatic nitrogens is 2. The second kappa shape index (κ2) is 7.24. The lowest BCUT2D eigenvalue weighted by Gasteiger charge is -2.08. The molecule has 0 fully saturated rings. The molecule has 0 atom stereocenters. The molecule has 0 aliphatic carbocycles. The van der Waals surface area contributed by atoms with E-state index in [9.17, 15) is 4.79 Å². The predicted octanol–water partition coefficient (Wildman–Crippen LogP) is 3.11. The van der Waals surface area contributed by atoms with Crippen molar-refractivity contribution in [1.82, 2.24) is 15.3 Å². The summed E-state index contributed by atoms with van der Waals surface area (Å²) in [6.07, 6.45) is 1.29. The minimum Gasteiger partial charge on any atom is -0.478 e. The zero-order valence-corrected chi connectivity index (χ0v) is 12.8. The van der Waals surface area contributed by atoms with Crippen LogP contribution < -0.4 is 10.1 Å². The molecule has 1 aromatic heterocycles. The van der Waals surface area contributed by atoms with Crippen LogP contribution in [-0.4, -0.2) is 22.5 Å². The van der Waals surface area contributed by atoms with Gasteiger partial charge in [0.25, 0.3) is 5.91 Å². The fourth-order valence-electron chi connectivity index (χ4n) is 1.62. The summed E-state index contributed by atoms with van der Waals surface area (Å²) in [7, 11) is 0. The number of nitrogens with one attached hydrogen (secondary N) is 1. The molecule has 2 rings (SSSR count). The summed E-state index contributed by atoms with van der Waals surface area (Å²) in [4.78, 5) is 19.8. The summed E-state index contributed by atoms with van der Waals surface area (Å²) in [5.41, 5.74) is 1.01. The van der Waals surface area contributed by atoms with Crippen molar-refractivity contribution in [2.24, 2.45) is 0 Å². The zero-order valence-electron chi connectivity index (χ0n) is 11.3. The fraction of sp³-hybridized carbons (Fsp3) is 0.214. The van der Waals surface area contributed by atoms with E-state index < -0.39 is 0 Å². The molecular formula is C14H13Cl2N3O2. The lowest BCUT2D eigenvalue weighted by atomic mass is 10.2. The number of benzene rings is 1. The van der Waals surface area contributed by atoms with Gasteiger partial charge in [0.15, 0.2) is 0 Å². The molecule has 1 aromatic carbocycles. The topological polar surface area (TPSA) is 64.1 Å². The van der Waals surface area contributed by atoms with Crippen LogP contribution in [0.3, 0.4) is 0 Å². The van der Waals surface area contributed by atoms with E-state index in [0.717, 1.165) is 5.56 Å². The molecule has 5 nitrogen and oxygen atoms in total. The summed E-state index contributed by atoms with van der Waals surface area (Å²) in [6, 6.07) is 6.59. The van der Waals surface area contributed by atoms with Crippen molar-refractivity contribution in [3.63, 3.8) is 0 Å². The molecule has 21 heavy (non-hydrogen) atoms. The smallest absolute Gasteiger partial charge is 0.270 e. The first-order valence-corrected chi connectivity index (χ1v) is 7.02. The van der Waals surface area contributed by atoms with Crippen LogP contribution in [0, 0.1) is 0 Å².